The van der Waals surface area contributed by atoms with Gasteiger partial charge in [-0.2, -0.15) is 0 Å². The normalized spacial score (nSPS) is 11.5. The lowest BCUT2D eigenvalue weighted by Gasteiger charge is -2.24. The average Bonchev–Trinajstić information content (AvgIpc) is 2.35. The molecule has 5 nitrogen and oxygen atoms in total. The molecule has 0 saturated carbocycles. The molecule has 102 valence electrons. The number of aromatic nitrogens is 1. The van der Waals surface area contributed by atoms with E-state index in [0.29, 0.717) is 6.42 Å². The zero-order valence-electron chi connectivity index (χ0n) is 11.1. The predicted molar refractivity (Wildman–Crippen MR) is 72.4 cm³/mol. The summed E-state index contributed by atoms with van der Waals surface area (Å²) in [5.41, 5.74) is 0.287. The molecule has 0 saturated heterocycles. The number of nitrogens with one attached hydrogen (secondary N) is 1. The summed E-state index contributed by atoms with van der Waals surface area (Å²) in [6.07, 6.45) is 6.80. The molecule has 1 rings (SSSR count). The molecule has 0 fully saturated rings. The molecule has 1 aromatic rings. The van der Waals surface area contributed by atoms with Crippen LogP contribution in [0, 0.1) is 0 Å². The van der Waals surface area contributed by atoms with E-state index in [1.54, 1.807) is 38.4 Å². The van der Waals surface area contributed by atoms with Crippen LogP contribution < -0.4 is 5.32 Å². The first-order chi connectivity index (χ1) is 8.89. The van der Waals surface area contributed by atoms with Gasteiger partial charge in [0, 0.05) is 30.4 Å². The van der Waals surface area contributed by atoms with Crippen LogP contribution in [0.3, 0.4) is 0 Å². The van der Waals surface area contributed by atoms with Crippen molar-refractivity contribution in [2.24, 2.45) is 0 Å². The first-order valence-electron chi connectivity index (χ1n) is 6.01. The maximum absolute atomic E-state index is 11.7. The van der Waals surface area contributed by atoms with Gasteiger partial charge in [0.2, 0.25) is 5.91 Å². The third-order valence-corrected chi connectivity index (χ3v) is 2.54. The van der Waals surface area contributed by atoms with Crippen LogP contribution in [0.15, 0.2) is 30.6 Å². The number of rotatable bonds is 6. The number of carbonyl (C=O) groups excluding carboxylic acids is 1. The van der Waals surface area contributed by atoms with Crippen molar-refractivity contribution in [2.45, 2.75) is 32.2 Å². The Morgan fingerprint density at radius 1 is 1.47 bits per heavy atom. The summed E-state index contributed by atoms with van der Waals surface area (Å²) in [5.74, 6) is -1.12. The Hall–Kier alpha value is -2.17. The molecule has 2 N–H and O–H groups in total. The van der Waals surface area contributed by atoms with E-state index in [0.717, 1.165) is 5.56 Å². The quantitative estimate of drug-likeness (QED) is 0.767. The van der Waals surface area contributed by atoms with Gasteiger partial charge >= 0.3 is 5.97 Å². The molecule has 0 aliphatic rings. The zero-order valence-corrected chi connectivity index (χ0v) is 11.1. The highest BCUT2D eigenvalue weighted by Crippen LogP contribution is 2.11. The summed E-state index contributed by atoms with van der Waals surface area (Å²) in [7, 11) is 0. The summed E-state index contributed by atoms with van der Waals surface area (Å²) in [6, 6.07) is 3.63. The van der Waals surface area contributed by atoms with Crippen LogP contribution in [0.25, 0.3) is 6.08 Å². The molecule has 0 atom stereocenters. The van der Waals surface area contributed by atoms with Crippen LogP contribution >= 0.6 is 0 Å². The number of nitrogens with zero attached hydrogens (tertiary/aromatic N) is 1. The van der Waals surface area contributed by atoms with E-state index in [1.165, 1.54) is 6.08 Å². The molecule has 0 bridgehead atoms. The maximum Gasteiger partial charge on any atom is 0.303 e. The molecule has 0 radical (unpaired) electrons. The highest BCUT2D eigenvalue weighted by Gasteiger charge is 2.20. The third kappa shape index (κ3) is 6.35. The van der Waals surface area contributed by atoms with Crippen molar-refractivity contribution in [2.75, 3.05) is 0 Å². The van der Waals surface area contributed by atoms with Gasteiger partial charge in [0.05, 0.1) is 0 Å². The number of aliphatic carboxylic acids is 1. The van der Waals surface area contributed by atoms with E-state index in [4.69, 9.17) is 5.11 Å². The number of carbonyl (C=O) groups is 2. The molecule has 1 heterocycles. The topological polar surface area (TPSA) is 79.3 Å². The summed E-state index contributed by atoms with van der Waals surface area (Å²) >= 11 is 0. The molecule has 1 amide bonds. The van der Waals surface area contributed by atoms with E-state index in [-0.39, 0.29) is 12.3 Å². The summed E-state index contributed by atoms with van der Waals surface area (Å²) in [6.45, 7) is 3.59. The fourth-order valence-corrected chi connectivity index (χ4v) is 1.50. The first-order valence-corrected chi connectivity index (χ1v) is 6.01. The lowest BCUT2D eigenvalue weighted by Crippen LogP contribution is -2.42. The summed E-state index contributed by atoms with van der Waals surface area (Å²) in [5, 5.41) is 11.4. The van der Waals surface area contributed by atoms with Gasteiger partial charge in [-0.1, -0.05) is 6.07 Å². The molecule has 0 spiro atoms. The van der Waals surface area contributed by atoms with Gasteiger partial charge in [-0.25, -0.2) is 0 Å². The van der Waals surface area contributed by atoms with Crippen molar-refractivity contribution in [3.8, 4) is 0 Å². The largest absolute Gasteiger partial charge is 0.481 e. The Morgan fingerprint density at radius 2 is 2.21 bits per heavy atom. The number of amides is 1. The fourth-order valence-electron chi connectivity index (χ4n) is 1.50. The Kier molecular flexibility index (Phi) is 5.23. The number of carboxylic acid groups (broad SMARTS) is 1. The Morgan fingerprint density at radius 3 is 2.79 bits per heavy atom. The second-order valence-electron chi connectivity index (χ2n) is 4.89. The molecule has 0 aromatic carbocycles. The van der Waals surface area contributed by atoms with Crippen LogP contribution in [0.2, 0.25) is 0 Å². The smallest absolute Gasteiger partial charge is 0.303 e. The highest BCUT2D eigenvalue weighted by atomic mass is 16.4. The standard InChI is InChI=1S/C14H18N2O3/c1-14(2,8-7-13(18)19)16-12(17)6-5-11-4-3-9-15-10-11/h3-6,9-10H,7-8H2,1-2H3,(H,16,17)(H,18,19). The van der Waals surface area contributed by atoms with Crippen LogP contribution in [-0.2, 0) is 9.59 Å². The Balaban J connectivity index is 2.50. The first kappa shape index (κ1) is 14.9. The van der Waals surface area contributed by atoms with Gasteiger partial charge < -0.3 is 10.4 Å². The van der Waals surface area contributed by atoms with E-state index >= 15 is 0 Å². The van der Waals surface area contributed by atoms with Crippen LogP contribution in [0.5, 0.6) is 0 Å². The second kappa shape index (κ2) is 6.68. The van der Waals surface area contributed by atoms with E-state index in [2.05, 4.69) is 10.3 Å². The molecule has 0 aliphatic carbocycles. The average molecular weight is 262 g/mol. The maximum atomic E-state index is 11.7. The third-order valence-electron chi connectivity index (χ3n) is 2.54. The lowest BCUT2D eigenvalue weighted by molar-refractivity contribution is -0.137. The molecule has 1 aromatic heterocycles. The van der Waals surface area contributed by atoms with E-state index in [9.17, 15) is 9.59 Å². The van der Waals surface area contributed by atoms with Crippen molar-refractivity contribution < 1.29 is 14.7 Å². The molecular weight excluding hydrogens is 244 g/mol. The fraction of sp³-hybridized carbons (Fsp3) is 0.357. The van der Waals surface area contributed by atoms with Crippen molar-refractivity contribution in [1.29, 1.82) is 0 Å². The zero-order chi connectivity index (χ0) is 14.3. The van der Waals surface area contributed by atoms with Crippen LogP contribution in [-0.4, -0.2) is 27.5 Å². The molecular formula is C14H18N2O3. The van der Waals surface area contributed by atoms with Crippen molar-refractivity contribution in [3.63, 3.8) is 0 Å². The van der Waals surface area contributed by atoms with Crippen molar-refractivity contribution in [3.05, 3.63) is 36.2 Å². The minimum Gasteiger partial charge on any atom is -0.481 e. The van der Waals surface area contributed by atoms with E-state index < -0.39 is 11.5 Å². The minimum atomic E-state index is -0.867. The molecule has 0 unspecified atom stereocenters. The molecule has 19 heavy (non-hydrogen) atoms. The Labute approximate surface area is 112 Å². The van der Waals surface area contributed by atoms with Gasteiger partial charge in [-0.05, 0) is 38.0 Å². The molecule has 0 aliphatic heterocycles. The number of pyridine rings is 1. The number of hydrogen-bond donors (Lipinski definition) is 2. The van der Waals surface area contributed by atoms with Gasteiger partial charge in [0.25, 0.3) is 0 Å². The van der Waals surface area contributed by atoms with E-state index in [1.807, 2.05) is 6.07 Å². The lowest BCUT2D eigenvalue weighted by atomic mass is 9.98. The van der Waals surface area contributed by atoms with Gasteiger partial charge in [-0.15, -0.1) is 0 Å². The molecule has 5 heteroatoms. The summed E-state index contributed by atoms with van der Waals surface area (Å²) < 4.78 is 0. The van der Waals surface area contributed by atoms with Gasteiger partial charge in [-0.3, -0.25) is 14.6 Å². The minimum absolute atomic E-state index is 0.0274. The van der Waals surface area contributed by atoms with Gasteiger partial charge in [0.15, 0.2) is 0 Å². The second-order valence-corrected chi connectivity index (χ2v) is 4.89. The highest BCUT2D eigenvalue weighted by molar-refractivity contribution is 5.92. The van der Waals surface area contributed by atoms with Crippen molar-refractivity contribution >= 4 is 18.0 Å². The van der Waals surface area contributed by atoms with Crippen molar-refractivity contribution in [1.82, 2.24) is 10.3 Å². The van der Waals surface area contributed by atoms with Gasteiger partial charge in [0.1, 0.15) is 0 Å². The van der Waals surface area contributed by atoms with Crippen LogP contribution in [0.1, 0.15) is 32.3 Å². The van der Waals surface area contributed by atoms with Crippen LogP contribution in [0.4, 0.5) is 0 Å². The monoisotopic (exact) mass is 262 g/mol. The SMILES string of the molecule is CC(C)(CCC(=O)O)NC(=O)C=Cc1cccnc1. The number of hydrogen-bond acceptors (Lipinski definition) is 3. The Bertz CT molecular complexity index is 467. The predicted octanol–water partition coefficient (Wildman–Crippen LogP) is 1.85. The summed E-state index contributed by atoms with van der Waals surface area (Å²) in [4.78, 5) is 26.2. The number of carboxylic acids is 1.